The Morgan fingerprint density at radius 3 is 0.561 bits per heavy atom. The van der Waals surface area contributed by atoms with Gasteiger partial charge >= 0.3 is 85.1 Å². The van der Waals surface area contributed by atoms with E-state index in [2.05, 4.69) is 16.4 Å². The molecule has 0 bridgehead atoms. The highest BCUT2D eigenvalue weighted by atomic mass is 32.2. The van der Waals surface area contributed by atoms with E-state index in [0.29, 0.717) is 0 Å². The summed E-state index contributed by atoms with van der Waals surface area (Å²) in [4.78, 5) is 0. The van der Waals surface area contributed by atoms with Gasteiger partial charge in [0.05, 0.1) is 0 Å². The Kier molecular flexibility index (Phi) is 11.8. The third-order valence-corrected chi connectivity index (χ3v) is 7.25. The van der Waals surface area contributed by atoms with E-state index < -0.39 is 85.1 Å². The van der Waals surface area contributed by atoms with Crippen LogP contribution in [0.1, 0.15) is 0 Å². The summed E-state index contributed by atoms with van der Waals surface area (Å²) < 4.78 is 300. The molecule has 0 radical (unpaired) electrons. The molecule has 0 aliphatic carbocycles. The topological polar surface area (TPSA) is 231 Å². The van der Waals surface area contributed by atoms with Gasteiger partial charge in [0.1, 0.15) is 0 Å². The van der Waals surface area contributed by atoms with Gasteiger partial charge in [0, 0.05) is 0 Å². The van der Waals surface area contributed by atoms with E-state index in [1.807, 2.05) is 0 Å². The van der Waals surface area contributed by atoms with Gasteiger partial charge in [-0.1, -0.05) is 0 Å². The zero-order valence-corrected chi connectivity index (χ0v) is 21.1. The van der Waals surface area contributed by atoms with E-state index in [1.165, 1.54) is 0 Å². The monoisotopic (exact) mass is 758 g/mol. The highest BCUT2D eigenvalue weighted by Gasteiger charge is 2.64. The largest absolute Gasteiger partial charge is 0.587 e. The molecule has 0 amide bonds. The van der Waals surface area contributed by atoms with Gasteiger partial charge in [-0.2, -0.15) is 99.5 Å². The molecule has 0 aliphatic rings. The van der Waals surface area contributed by atoms with E-state index in [9.17, 15) is 108 Å². The maximum Gasteiger partial charge on any atom is 0.587 e. The molecule has 41 heavy (non-hydrogen) atoms. The van der Waals surface area contributed by atoms with Crippen LogP contribution >= 0.6 is 0 Å². The lowest BCUT2D eigenvalue weighted by Crippen LogP contribution is -2.59. The summed E-state index contributed by atoms with van der Waals surface area (Å²) in [6.07, 6.45) is 0. The summed E-state index contributed by atoms with van der Waals surface area (Å²) in [7, 11) is -37.8. The van der Waals surface area contributed by atoms with Crippen LogP contribution in [0.5, 0.6) is 0 Å². The zero-order chi connectivity index (χ0) is 34.3. The molecule has 0 saturated carbocycles. The van der Waals surface area contributed by atoms with Crippen molar-refractivity contribution in [2.24, 2.45) is 0 Å². The van der Waals surface area contributed by atoms with E-state index in [4.69, 9.17) is 4.55 Å². The number of hydrogen-bond acceptors (Lipinski definition) is 14. The zero-order valence-electron chi connectivity index (χ0n) is 17.0. The lowest BCUT2D eigenvalue weighted by Gasteiger charge is -2.37. The van der Waals surface area contributed by atoms with Gasteiger partial charge in [-0.25, -0.2) is 0 Å². The molecule has 0 fully saturated rings. The quantitative estimate of drug-likeness (QED) is 0.142. The van der Waals surface area contributed by atoms with Crippen molar-refractivity contribution in [1.82, 2.24) is 0 Å². The second-order valence-corrected chi connectivity index (χ2v) is 13.2. The molecule has 15 nitrogen and oxygen atoms in total. The number of rotatable bonds is 8. The number of hydrogen-bond donors (Lipinski definition) is 0. The lowest BCUT2D eigenvalue weighted by atomic mass is 10.1. The van der Waals surface area contributed by atoms with Crippen molar-refractivity contribution in [3.8, 4) is 0 Å². The lowest BCUT2D eigenvalue weighted by molar-refractivity contribution is -0.0651. The molecule has 0 unspecified atom stereocenters. The molecule has 0 spiro atoms. The SMILES string of the molecule is O=S(=O)(O[B-](OS(=O)(=O)C(F)(F)F)(OS(=O)(=O)C(F)(F)F)OS(=O)(=O)C(F)(F)F)C(F)(F)F.O=S(=O)([OH2+])C(F)(F)F. The van der Waals surface area contributed by atoms with Gasteiger partial charge in [-0.3, -0.25) is 0 Å². The van der Waals surface area contributed by atoms with E-state index in [1.54, 1.807) is 0 Å². The maximum atomic E-state index is 12.4. The van der Waals surface area contributed by atoms with Crippen LogP contribution in [0.25, 0.3) is 0 Å². The molecular formula is C5H2BF15O15S5. The van der Waals surface area contributed by atoms with Crippen LogP contribution in [-0.4, -0.2) is 81.1 Å². The van der Waals surface area contributed by atoms with Crippen LogP contribution in [-0.2, 0) is 67.0 Å². The fraction of sp³-hybridized carbons (Fsp3) is 1.00. The molecule has 36 heteroatoms. The number of alkyl halides is 15. The number of halogens is 15. The van der Waals surface area contributed by atoms with Gasteiger partial charge in [-0.15, -0.1) is 8.42 Å². The van der Waals surface area contributed by atoms with Crippen molar-refractivity contribution in [3.63, 3.8) is 0 Å². The summed E-state index contributed by atoms with van der Waals surface area (Å²) >= 11 is 0. The van der Waals surface area contributed by atoms with E-state index in [0.717, 1.165) is 0 Å². The van der Waals surface area contributed by atoms with Crippen LogP contribution in [0.3, 0.4) is 0 Å². The molecule has 2 N–H and O–H groups in total. The normalized spacial score (nSPS) is 15.7. The van der Waals surface area contributed by atoms with Crippen LogP contribution in [0.4, 0.5) is 65.9 Å². The second kappa shape index (κ2) is 11.6. The minimum Gasteiger partial charge on any atom is -0.398 e. The molecule has 0 aromatic carbocycles. The van der Waals surface area contributed by atoms with E-state index >= 15 is 0 Å². The Balaban J connectivity index is 0. The maximum absolute atomic E-state index is 12.4. The summed E-state index contributed by atoms with van der Waals surface area (Å²) in [6, 6.07) is 0. The smallest absolute Gasteiger partial charge is 0.398 e. The highest BCUT2D eigenvalue weighted by Crippen LogP contribution is 2.39. The van der Waals surface area contributed by atoms with Crippen molar-refractivity contribution < 1.29 is 129 Å². The average molecular weight is 758 g/mol. The molecule has 0 aromatic heterocycles. The Morgan fingerprint density at radius 2 is 0.488 bits per heavy atom. The summed E-state index contributed by atoms with van der Waals surface area (Å²) in [6.45, 7) is -7.89. The second-order valence-electron chi connectivity index (χ2n) is 5.51. The fourth-order valence-corrected chi connectivity index (χ4v) is 3.38. The first-order chi connectivity index (χ1) is 17.1. The minimum absolute atomic E-state index is 2.19. The predicted molar refractivity (Wildman–Crippen MR) is 88.6 cm³/mol. The van der Waals surface area contributed by atoms with Crippen LogP contribution in [0, 0.1) is 0 Å². The summed E-state index contributed by atoms with van der Waals surface area (Å²) in [5.74, 6) is 0. The predicted octanol–water partition coefficient (Wildman–Crippen LogP) is 0.447. The molecule has 0 heterocycles. The van der Waals surface area contributed by atoms with Crippen molar-refractivity contribution in [2.75, 3.05) is 0 Å². The molecule has 0 aromatic rings. The Labute approximate surface area is 214 Å². The average Bonchev–Trinajstić information content (AvgIpc) is 2.53. The molecule has 0 aliphatic heterocycles. The Bertz CT molecular complexity index is 1280. The van der Waals surface area contributed by atoms with Gasteiger partial charge in [0.15, 0.2) is 0 Å². The summed E-state index contributed by atoms with van der Waals surface area (Å²) in [5.41, 5.74) is -34.0. The van der Waals surface area contributed by atoms with Crippen LogP contribution < -0.4 is 0 Å². The Hall–Kier alpha value is -1.44. The van der Waals surface area contributed by atoms with E-state index in [-0.39, 0.29) is 0 Å². The first kappa shape index (κ1) is 41.7. The molecular weight excluding hydrogens is 756 g/mol. The standard InChI is InChI=1S/C4BF12O12S4.CHF3O3S/c6-1(7,8)30(18,19)26-5(27-31(20,21)2(9,10)11,28-32(22,23)3(12,13)14)29-33(24,25)4(15,16)17;2-1(3,4)8(5,6)7/h;(H,5,6,7)/q-1;/p+1. The van der Waals surface area contributed by atoms with Crippen LogP contribution in [0.15, 0.2) is 0 Å². The highest BCUT2D eigenvalue weighted by molar-refractivity contribution is 7.93. The van der Waals surface area contributed by atoms with Crippen molar-refractivity contribution in [3.05, 3.63) is 0 Å². The molecule has 0 atom stereocenters. The Morgan fingerprint density at radius 1 is 0.366 bits per heavy atom. The van der Waals surface area contributed by atoms with Gasteiger partial charge in [-0.05, 0) is 0 Å². The van der Waals surface area contributed by atoms with Crippen molar-refractivity contribution in [2.45, 2.75) is 27.5 Å². The van der Waals surface area contributed by atoms with Gasteiger partial charge in [0.25, 0.3) is 0 Å². The fourth-order valence-electron chi connectivity index (χ4n) is 0.935. The molecule has 0 saturated heterocycles. The third kappa shape index (κ3) is 11.3. The third-order valence-electron chi connectivity index (χ3n) is 2.42. The van der Waals surface area contributed by atoms with Crippen LogP contribution in [0.2, 0.25) is 0 Å². The first-order valence-corrected chi connectivity index (χ1v) is 14.5. The van der Waals surface area contributed by atoms with Gasteiger partial charge < -0.3 is 21.0 Å². The molecule has 0 rings (SSSR count). The summed E-state index contributed by atoms with van der Waals surface area (Å²) in [5, 5.41) is 0. The molecule has 250 valence electrons. The minimum atomic E-state index is -8.05. The van der Waals surface area contributed by atoms with Crippen molar-refractivity contribution in [1.29, 1.82) is 0 Å². The van der Waals surface area contributed by atoms with Gasteiger partial charge in [0.2, 0.25) is 0 Å². The van der Waals surface area contributed by atoms with Crippen molar-refractivity contribution >= 4 is 57.5 Å². The first-order valence-electron chi connectivity index (χ1n) is 7.34.